The van der Waals surface area contributed by atoms with Gasteiger partial charge in [0.2, 0.25) is 0 Å². The van der Waals surface area contributed by atoms with Crippen molar-refractivity contribution in [3.63, 3.8) is 0 Å². The molecular formula is C11H15N3O. The highest BCUT2D eigenvalue weighted by Gasteiger charge is 2.17. The maximum Gasteiger partial charge on any atom is 0.253 e. The van der Waals surface area contributed by atoms with Gasteiger partial charge in [-0.05, 0) is 31.5 Å². The summed E-state index contributed by atoms with van der Waals surface area (Å²) in [6, 6.07) is 2.11. The second-order valence-corrected chi connectivity index (χ2v) is 3.91. The van der Waals surface area contributed by atoms with Gasteiger partial charge in [0.25, 0.3) is 5.91 Å². The lowest BCUT2D eigenvalue weighted by Crippen LogP contribution is -2.36. The zero-order valence-corrected chi connectivity index (χ0v) is 8.79. The summed E-state index contributed by atoms with van der Waals surface area (Å²) in [7, 11) is 0. The minimum atomic E-state index is -0.0279. The molecule has 4 heteroatoms. The summed E-state index contributed by atoms with van der Waals surface area (Å²) >= 11 is 0. The van der Waals surface area contributed by atoms with Gasteiger partial charge >= 0.3 is 0 Å². The van der Waals surface area contributed by atoms with Crippen LogP contribution >= 0.6 is 0 Å². The highest BCUT2D eigenvalue weighted by molar-refractivity contribution is 5.94. The van der Waals surface area contributed by atoms with Crippen LogP contribution in [0, 0.1) is 6.92 Å². The van der Waals surface area contributed by atoms with Crippen LogP contribution in [-0.4, -0.2) is 30.0 Å². The number of carbonyl (C=O) groups excluding carboxylic acids is 1. The van der Waals surface area contributed by atoms with Crippen LogP contribution in [0.15, 0.2) is 18.5 Å². The van der Waals surface area contributed by atoms with Crippen LogP contribution in [0.25, 0.3) is 0 Å². The Hall–Kier alpha value is -1.42. The Balaban J connectivity index is 2.01. The van der Waals surface area contributed by atoms with E-state index >= 15 is 0 Å². The van der Waals surface area contributed by atoms with Gasteiger partial charge in [0.15, 0.2) is 0 Å². The van der Waals surface area contributed by atoms with Crippen LogP contribution in [0.2, 0.25) is 0 Å². The topological polar surface area (TPSA) is 54.0 Å². The van der Waals surface area contributed by atoms with Crippen molar-refractivity contribution in [2.45, 2.75) is 19.4 Å². The Kier molecular flexibility index (Phi) is 2.97. The molecule has 1 amide bonds. The number of hydrogen-bond acceptors (Lipinski definition) is 3. The second kappa shape index (κ2) is 4.40. The minimum Gasteiger partial charge on any atom is -0.348 e. The first-order chi connectivity index (χ1) is 7.25. The van der Waals surface area contributed by atoms with E-state index < -0.39 is 0 Å². The number of aryl methyl sites for hydroxylation is 1. The molecule has 1 unspecified atom stereocenters. The minimum absolute atomic E-state index is 0.0279. The summed E-state index contributed by atoms with van der Waals surface area (Å²) in [5.74, 6) is -0.0279. The molecule has 0 spiro atoms. The first kappa shape index (κ1) is 10.1. The fraction of sp³-hybridized carbons (Fsp3) is 0.455. The molecule has 0 bridgehead atoms. The summed E-state index contributed by atoms with van der Waals surface area (Å²) in [4.78, 5) is 15.8. The van der Waals surface area contributed by atoms with Crippen LogP contribution in [-0.2, 0) is 0 Å². The van der Waals surface area contributed by atoms with Gasteiger partial charge in [-0.3, -0.25) is 9.78 Å². The number of aromatic nitrogens is 1. The number of nitrogens with one attached hydrogen (secondary N) is 2. The quantitative estimate of drug-likeness (QED) is 0.738. The predicted molar refractivity (Wildman–Crippen MR) is 57.7 cm³/mol. The molecule has 1 atom stereocenters. The van der Waals surface area contributed by atoms with Crippen LogP contribution in [0.4, 0.5) is 0 Å². The first-order valence-electron chi connectivity index (χ1n) is 5.19. The lowest BCUT2D eigenvalue weighted by Gasteiger charge is -2.11. The van der Waals surface area contributed by atoms with Crippen molar-refractivity contribution in [2.24, 2.45) is 0 Å². The SMILES string of the molecule is Cc1cncc(C(=O)NC2CCNC2)c1. The summed E-state index contributed by atoms with van der Waals surface area (Å²) in [5, 5.41) is 6.19. The Morgan fingerprint density at radius 1 is 1.60 bits per heavy atom. The van der Waals surface area contributed by atoms with E-state index in [0.29, 0.717) is 5.56 Å². The number of amides is 1. The molecule has 2 heterocycles. The average molecular weight is 205 g/mol. The van der Waals surface area contributed by atoms with Crippen LogP contribution < -0.4 is 10.6 Å². The summed E-state index contributed by atoms with van der Waals surface area (Å²) in [5.41, 5.74) is 1.65. The molecular weight excluding hydrogens is 190 g/mol. The molecule has 1 aromatic rings. The molecule has 80 valence electrons. The van der Waals surface area contributed by atoms with Gasteiger partial charge in [-0.2, -0.15) is 0 Å². The Bertz CT molecular complexity index is 359. The van der Waals surface area contributed by atoms with Crippen molar-refractivity contribution in [2.75, 3.05) is 13.1 Å². The summed E-state index contributed by atoms with van der Waals surface area (Å²) < 4.78 is 0. The molecule has 2 N–H and O–H groups in total. The number of hydrogen-bond donors (Lipinski definition) is 2. The number of rotatable bonds is 2. The molecule has 15 heavy (non-hydrogen) atoms. The number of nitrogens with zero attached hydrogens (tertiary/aromatic N) is 1. The van der Waals surface area contributed by atoms with Crippen molar-refractivity contribution in [1.82, 2.24) is 15.6 Å². The third-order valence-corrected chi connectivity index (χ3v) is 2.53. The van der Waals surface area contributed by atoms with Crippen molar-refractivity contribution in [1.29, 1.82) is 0 Å². The second-order valence-electron chi connectivity index (χ2n) is 3.91. The standard InChI is InChI=1S/C11H15N3O/c1-8-4-9(6-13-5-8)11(15)14-10-2-3-12-7-10/h4-6,10,12H,2-3,7H2,1H3,(H,14,15). The number of pyridine rings is 1. The Morgan fingerprint density at radius 2 is 2.47 bits per heavy atom. The van der Waals surface area contributed by atoms with E-state index in [2.05, 4.69) is 15.6 Å². The van der Waals surface area contributed by atoms with E-state index in [1.807, 2.05) is 13.0 Å². The molecule has 0 aliphatic carbocycles. The molecule has 1 aliphatic rings. The normalized spacial score (nSPS) is 20.2. The molecule has 0 saturated carbocycles. The number of carbonyl (C=O) groups is 1. The fourth-order valence-electron chi connectivity index (χ4n) is 1.73. The lowest BCUT2D eigenvalue weighted by molar-refractivity contribution is 0.0939. The van der Waals surface area contributed by atoms with Crippen LogP contribution in [0.5, 0.6) is 0 Å². The van der Waals surface area contributed by atoms with Crippen molar-refractivity contribution >= 4 is 5.91 Å². The first-order valence-corrected chi connectivity index (χ1v) is 5.19. The maximum atomic E-state index is 11.8. The van der Waals surface area contributed by atoms with Crippen molar-refractivity contribution < 1.29 is 4.79 Å². The third-order valence-electron chi connectivity index (χ3n) is 2.53. The molecule has 1 saturated heterocycles. The zero-order valence-electron chi connectivity index (χ0n) is 8.79. The van der Waals surface area contributed by atoms with E-state index in [0.717, 1.165) is 25.1 Å². The zero-order chi connectivity index (χ0) is 10.7. The maximum absolute atomic E-state index is 11.8. The molecule has 0 radical (unpaired) electrons. The van der Waals surface area contributed by atoms with Crippen LogP contribution in [0.1, 0.15) is 22.3 Å². The van der Waals surface area contributed by atoms with Gasteiger partial charge < -0.3 is 10.6 Å². The van der Waals surface area contributed by atoms with Gasteiger partial charge in [-0.1, -0.05) is 0 Å². The monoisotopic (exact) mass is 205 g/mol. The smallest absolute Gasteiger partial charge is 0.253 e. The Labute approximate surface area is 89.1 Å². The van der Waals surface area contributed by atoms with E-state index in [-0.39, 0.29) is 11.9 Å². The van der Waals surface area contributed by atoms with E-state index in [4.69, 9.17) is 0 Å². The van der Waals surface area contributed by atoms with Crippen molar-refractivity contribution in [3.8, 4) is 0 Å². The lowest BCUT2D eigenvalue weighted by atomic mass is 10.2. The molecule has 4 nitrogen and oxygen atoms in total. The van der Waals surface area contributed by atoms with Gasteiger partial charge in [0.1, 0.15) is 0 Å². The molecule has 1 fully saturated rings. The fourth-order valence-corrected chi connectivity index (χ4v) is 1.73. The van der Waals surface area contributed by atoms with Gasteiger partial charge in [-0.25, -0.2) is 0 Å². The molecule has 2 rings (SSSR count). The van der Waals surface area contributed by atoms with Crippen LogP contribution in [0.3, 0.4) is 0 Å². The molecule has 1 aliphatic heterocycles. The van der Waals surface area contributed by atoms with Gasteiger partial charge in [-0.15, -0.1) is 0 Å². The summed E-state index contributed by atoms with van der Waals surface area (Å²) in [6.07, 6.45) is 4.35. The van der Waals surface area contributed by atoms with E-state index in [9.17, 15) is 4.79 Å². The van der Waals surface area contributed by atoms with Gasteiger partial charge in [0, 0.05) is 25.0 Å². The molecule has 0 aromatic carbocycles. The molecule has 1 aromatic heterocycles. The van der Waals surface area contributed by atoms with E-state index in [1.165, 1.54) is 0 Å². The predicted octanol–water partition coefficient (Wildman–Crippen LogP) is 0.482. The van der Waals surface area contributed by atoms with Crippen molar-refractivity contribution in [3.05, 3.63) is 29.6 Å². The van der Waals surface area contributed by atoms with Gasteiger partial charge in [0.05, 0.1) is 5.56 Å². The largest absolute Gasteiger partial charge is 0.348 e. The highest BCUT2D eigenvalue weighted by atomic mass is 16.1. The highest BCUT2D eigenvalue weighted by Crippen LogP contribution is 2.03. The van der Waals surface area contributed by atoms with E-state index in [1.54, 1.807) is 12.4 Å². The third kappa shape index (κ3) is 2.53. The average Bonchev–Trinajstić information content (AvgIpc) is 2.70. The summed E-state index contributed by atoms with van der Waals surface area (Å²) in [6.45, 7) is 3.78. The Morgan fingerprint density at radius 3 is 3.13 bits per heavy atom.